The highest BCUT2D eigenvalue weighted by Crippen LogP contribution is 2.19. The third-order valence-corrected chi connectivity index (χ3v) is 7.30. The van der Waals surface area contributed by atoms with Crippen molar-refractivity contribution in [3.05, 3.63) is 39.8 Å². The van der Waals surface area contributed by atoms with E-state index in [2.05, 4.69) is 31.3 Å². The number of benzene rings is 1. The van der Waals surface area contributed by atoms with Crippen LogP contribution in [-0.2, 0) is 28.8 Å². The molecule has 0 bridgehead atoms. The molecule has 0 saturated heterocycles. The molecule has 0 aliphatic rings. The molecule has 1 aromatic rings. The van der Waals surface area contributed by atoms with Crippen molar-refractivity contribution in [2.24, 2.45) is 5.11 Å². The zero-order chi connectivity index (χ0) is 37.5. The Morgan fingerprint density at radius 2 is 1.32 bits per heavy atom. The second kappa shape index (κ2) is 22.9. The molecule has 19 heteroatoms. The summed E-state index contributed by atoms with van der Waals surface area (Å²) in [5, 5.41) is 49.7. The smallest absolute Gasteiger partial charge is 0.326 e. The largest absolute Gasteiger partial charge is 0.481 e. The number of nitrogens with one attached hydrogen (secondary N) is 4. The zero-order valence-corrected chi connectivity index (χ0v) is 27.4. The van der Waals surface area contributed by atoms with Crippen LogP contribution in [0.25, 0.3) is 10.4 Å². The van der Waals surface area contributed by atoms with Crippen LogP contribution in [0.5, 0.6) is 0 Å². The Kier molecular flexibility index (Phi) is 19.5. The number of aliphatic hydroxyl groups excluding tert-OH is 1. The van der Waals surface area contributed by atoms with Crippen LogP contribution in [0.15, 0.2) is 23.3 Å². The number of carbonyl (C=O) groups is 8. The summed E-state index contributed by atoms with van der Waals surface area (Å²) in [4.78, 5) is 96.6. The van der Waals surface area contributed by atoms with Gasteiger partial charge in [-0.2, -0.15) is 0 Å². The number of carbonyl (C=O) groups excluding carboxylic acids is 5. The summed E-state index contributed by atoms with van der Waals surface area (Å²) in [6, 6.07) is 2.64. The van der Waals surface area contributed by atoms with Crippen molar-refractivity contribution in [1.29, 1.82) is 0 Å². The fraction of sp³-hybridized carbons (Fsp3) is 0.548. The number of amides is 4. The van der Waals surface area contributed by atoms with E-state index >= 15 is 0 Å². The van der Waals surface area contributed by atoms with E-state index in [1.165, 1.54) is 18.2 Å². The Morgan fingerprint density at radius 3 is 1.78 bits per heavy atom. The number of hydrogen-bond acceptors (Lipinski definition) is 10. The number of carboxylic acids is 3. The van der Waals surface area contributed by atoms with Gasteiger partial charge in [0.2, 0.25) is 11.8 Å². The normalized spacial score (nSPS) is 12.3. The Balaban J connectivity index is 2.52. The number of aliphatic hydroxyl groups is 1. The maximum absolute atomic E-state index is 12.8. The first kappa shape index (κ1) is 42.5. The van der Waals surface area contributed by atoms with Crippen LogP contribution in [0.1, 0.15) is 97.8 Å². The molecule has 0 spiro atoms. The lowest BCUT2D eigenvalue weighted by molar-refractivity contribution is -0.143. The number of hydrogen-bond donors (Lipinski definition) is 8. The second-order valence-electron chi connectivity index (χ2n) is 11.4. The first-order valence-corrected chi connectivity index (χ1v) is 15.9. The number of nitrogens with zero attached hydrogens (tertiary/aromatic N) is 3. The van der Waals surface area contributed by atoms with Crippen LogP contribution in [0.2, 0.25) is 0 Å². The molecule has 50 heavy (non-hydrogen) atoms. The van der Waals surface area contributed by atoms with Crippen molar-refractivity contribution in [3.8, 4) is 0 Å². The van der Waals surface area contributed by atoms with Gasteiger partial charge in [0.15, 0.2) is 0 Å². The fourth-order valence-electron chi connectivity index (χ4n) is 4.53. The van der Waals surface area contributed by atoms with Gasteiger partial charge in [0.25, 0.3) is 11.8 Å². The van der Waals surface area contributed by atoms with E-state index in [1.54, 1.807) is 0 Å². The van der Waals surface area contributed by atoms with E-state index in [1.807, 2.05) is 0 Å². The van der Waals surface area contributed by atoms with Gasteiger partial charge in [0.1, 0.15) is 17.9 Å². The van der Waals surface area contributed by atoms with Crippen LogP contribution in [0.4, 0.5) is 5.69 Å². The molecule has 0 fully saturated rings. The highest BCUT2D eigenvalue weighted by atomic mass is 16.4. The third-order valence-electron chi connectivity index (χ3n) is 7.30. The van der Waals surface area contributed by atoms with Crippen LogP contribution in [-0.4, -0.2) is 99.5 Å². The maximum Gasteiger partial charge on any atom is 0.326 e. The molecule has 0 unspecified atom stereocenters. The minimum absolute atomic E-state index is 0.00200. The molecule has 0 heterocycles. The summed E-state index contributed by atoms with van der Waals surface area (Å²) in [6.07, 6.45) is 1.72. The van der Waals surface area contributed by atoms with Gasteiger partial charge in [-0.25, -0.2) is 4.79 Å². The second-order valence-corrected chi connectivity index (χ2v) is 11.4. The molecule has 1 rings (SSSR count). The topological polar surface area (TPSA) is 314 Å². The van der Waals surface area contributed by atoms with Gasteiger partial charge in [-0.1, -0.05) is 18.0 Å². The van der Waals surface area contributed by atoms with Crippen molar-refractivity contribution >= 4 is 53.5 Å². The predicted molar refractivity (Wildman–Crippen MR) is 174 cm³/mol. The summed E-state index contributed by atoms with van der Waals surface area (Å²) in [5.41, 5.74) is 7.34. The van der Waals surface area contributed by atoms with E-state index in [0.717, 1.165) is 0 Å². The summed E-state index contributed by atoms with van der Waals surface area (Å²) in [6.45, 7) is -0.327. The molecular formula is C31H43N7O12. The van der Waals surface area contributed by atoms with Crippen LogP contribution in [0.3, 0.4) is 0 Å². The number of carboxylic acid groups (broad SMARTS) is 3. The molecule has 0 radical (unpaired) electrons. The van der Waals surface area contributed by atoms with Gasteiger partial charge >= 0.3 is 17.9 Å². The van der Waals surface area contributed by atoms with Crippen molar-refractivity contribution in [1.82, 2.24) is 21.3 Å². The quantitative estimate of drug-likeness (QED) is 0.0224. The molecule has 4 amide bonds. The Labute approximate surface area is 286 Å². The molecule has 8 N–H and O–H groups in total. The standard InChI is InChI=1S/C31H43N7O12/c32-38-37-22-16-20(28(47)33-13-5-1-3-7-24(41)35-23(30(49)50)9-10-26(43)44)15-21(17-22)29(48)34-14-6-2-4-8-25(42)36-31(18-39,19-40)12-11-27(45)46/h15-18,23,40H,1-14,19H2,(H,33,47)(H,34,48)(H,35,41)(H,36,42)(H,43,44)(H,45,46)(H,49,50)/t23-,31-/m0/s1. The predicted octanol–water partition coefficient (Wildman–Crippen LogP) is 1.55. The Hall–Kier alpha value is -5.55. The van der Waals surface area contributed by atoms with E-state index in [-0.39, 0.29) is 55.6 Å². The molecule has 0 aliphatic carbocycles. The van der Waals surface area contributed by atoms with E-state index in [9.17, 15) is 43.5 Å². The van der Waals surface area contributed by atoms with E-state index in [4.69, 9.17) is 20.9 Å². The Bertz CT molecular complexity index is 1430. The number of unbranched alkanes of at least 4 members (excludes halogenated alkanes) is 4. The summed E-state index contributed by atoms with van der Waals surface area (Å²) >= 11 is 0. The summed E-state index contributed by atoms with van der Waals surface area (Å²) < 4.78 is 0. The van der Waals surface area contributed by atoms with Crippen LogP contribution in [0, 0.1) is 0 Å². The number of rotatable bonds is 26. The molecule has 274 valence electrons. The highest BCUT2D eigenvalue weighted by molar-refractivity contribution is 6.01. The van der Waals surface area contributed by atoms with E-state index in [0.29, 0.717) is 44.8 Å². The van der Waals surface area contributed by atoms with Gasteiger partial charge in [-0.3, -0.25) is 28.8 Å². The van der Waals surface area contributed by atoms with Crippen molar-refractivity contribution in [2.75, 3.05) is 19.7 Å². The van der Waals surface area contributed by atoms with Gasteiger partial charge in [-0.15, -0.1) is 0 Å². The molecule has 0 aromatic heterocycles. The number of aliphatic carboxylic acids is 3. The fourth-order valence-corrected chi connectivity index (χ4v) is 4.53. The van der Waals surface area contributed by atoms with Crippen LogP contribution < -0.4 is 21.3 Å². The third kappa shape index (κ3) is 17.0. The average molecular weight is 706 g/mol. The average Bonchev–Trinajstić information content (AvgIpc) is 3.07. The monoisotopic (exact) mass is 705 g/mol. The number of aldehydes is 1. The first-order valence-electron chi connectivity index (χ1n) is 15.9. The highest BCUT2D eigenvalue weighted by Gasteiger charge is 2.31. The van der Waals surface area contributed by atoms with Crippen molar-refractivity contribution in [3.63, 3.8) is 0 Å². The van der Waals surface area contributed by atoms with E-state index < -0.39 is 72.6 Å². The molecular weight excluding hydrogens is 662 g/mol. The lowest BCUT2D eigenvalue weighted by Crippen LogP contribution is -2.53. The first-order chi connectivity index (χ1) is 23.7. The molecule has 1 aromatic carbocycles. The zero-order valence-electron chi connectivity index (χ0n) is 27.4. The van der Waals surface area contributed by atoms with Crippen molar-refractivity contribution in [2.45, 2.75) is 88.6 Å². The minimum Gasteiger partial charge on any atom is -0.481 e. The lowest BCUT2D eigenvalue weighted by Gasteiger charge is -2.26. The van der Waals surface area contributed by atoms with Crippen LogP contribution >= 0.6 is 0 Å². The number of azide groups is 1. The minimum atomic E-state index is -1.67. The Morgan fingerprint density at radius 1 is 0.780 bits per heavy atom. The molecule has 2 atom stereocenters. The van der Waals surface area contributed by atoms with Gasteiger partial charge in [0, 0.05) is 60.5 Å². The lowest BCUT2D eigenvalue weighted by atomic mass is 9.95. The maximum atomic E-state index is 12.8. The molecule has 0 aliphatic heterocycles. The molecule has 19 nitrogen and oxygen atoms in total. The summed E-state index contributed by atoms with van der Waals surface area (Å²) in [7, 11) is 0. The summed E-state index contributed by atoms with van der Waals surface area (Å²) in [5.74, 6) is -5.84. The van der Waals surface area contributed by atoms with Gasteiger partial charge in [0.05, 0.1) is 6.61 Å². The SMILES string of the molecule is [N-]=[N+]=Nc1cc(C(=O)NCCCCCC(=O)N[C@@H](CCC(=O)O)C(=O)O)cc(C(=O)NCCCCCC(=O)N[C@@](C=O)(CO)CCC(=O)O)c1. The van der Waals surface area contributed by atoms with Crippen molar-refractivity contribution < 1.29 is 58.8 Å². The van der Waals surface area contributed by atoms with Gasteiger partial charge < -0.3 is 46.5 Å². The molecule has 0 saturated carbocycles. The van der Waals surface area contributed by atoms with Gasteiger partial charge in [-0.05, 0) is 62.3 Å².